The van der Waals surface area contributed by atoms with E-state index in [1.807, 2.05) is 6.07 Å². The fraction of sp³-hybridized carbons (Fsp3) is 0.0893. The lowest BCUT2D eigenvalue weighted by atomic mass is 9.73. The van der Waals surface area contributed by atoms with Crippen molar-refractivity contribution in [3.8, 4) is 46.3 Å². The van der Waals surface area contributed by atoms with E-state index in [0.29, 0.717) is 42.1 Å². The van der Waals surface area contributed by atoms with Crippen LogP contribution in [-0.2, 0) is 34.7 Å². The topological polar surface area (TPSA) is 222 Å². The van der Waals surface area contributed by atoms with Gasteiger partial charge >= 0.3 is 12.4 Å². The van der Waals surface area contributed by atoms with Crippen LogP contribution in [0.25, 0.3) is 0 Å². The normalized spacial score (nSPS) is 12.1. The molecule has 0 unspecified atom stereocenters. The van der Waals surface area contributed by atoms with Gasteiger partial charge in [0.05, 0.1) is 39.4 Å². The summed E-state index contributed by atoms with van der Waals surface area (Å²) in [5.74, 6) is -2.23. The Morgan fingerprint density at radius 1 is 0.550 bits per heavy atom. The maximum atomic E-state index is 15.4. The van der Waals surface area contributed by atoms with Crippen molar-refractivity contribution >= 4 is 43.6 Å². The maximum Gasteiger partial charge on any atom is 0.411 e. The van der Waals surface area contributed by atoms with Crippen LogP contribution in [-0.4, -0.2) is 57.7 Å². The number of methoxy groups -OCH3 is 1. The summed E-state index contributed by atoms with van der Waals surface area (Å²) in [6.07, 6.45) is -12.1. The third kappa shape index (κ3) is 11.9. The summed E-state index contributed by atoms with van der Waals surface area (Å²) in [6.45, 7) is 1.48. The van der Waals surface area contributed by atoms with Crippen LogP contribution in [0.5, 0.6) is 40.2 Å². The highest BCUT2D eigenvalue weighted by atomic mass is 32.2. The van der Waals surface area contributed by atoms with Gasteiger partial charge in [0.1, 0.15) is 51.9 Å². The highest BCUT2D eigenvalue weighted by Crippen LogP contribution is 2.57. The number of aryl methyl sites for hydroxylation is 1. The number of sulfone groups is 1. The van der Waals surface area contributed by atoms with Crippen LogP contribution in [0.3, 0.4) is 0 Å². The number of rotatable bonds is 19. The number of hydrogen-bond donors (Lipinski definition) is 2. The quantitative estimate of drug-likeness (QED) is 0.0192. The van der Waals surface area contributed by atoms with E-state index in [1.54, 1.807) is 18.2 Å². The van der Waals surface area contributed by atoms with Crippen molar-refractivity contribution in [1.82, 2.24) is 0 Å². The molecule has 80 heavy (non-hydrogen) atoms. The van der Waals surface area contributed by atoms with Crippen LogP contribution in [0.15, 0.2) is 196 Å². The summed E-state index contributed by atoms with van der Waals surface area (Å²) < 4.78 is 181. The number of carbonyl (C=O) groups is 2. The molecule has 410 valence electrons. The van der Waals surface area contributed by atoms with Crippen LogP contribution >= 0.6 is 12.0 Å². The number of benzene rings is 8. The molecule has 8 rings (SSSR count). The number of carbonyl (C=O) groups excluding carboxylic acids is 2. The molecule has 0 aliphatic carbocycles. The molecule has 0 heterocycles. The summed E-state index contributed by atoms with van der Waals surface area (Å²) in [5.41, 5.74) is -8.17. The number of halogens is 6. The van der Waals surface area contributed by atoms with Crippen LogP contribution in [0.4, 0.5) is 26.3 Å². The van der Waals surface area contributed by atoms with Crippen LogP contribution < -0.4 is 18.9 Å². The Hall–Kier alpha value is -8.54. The lowest BCUT2D eigenvalue weighted by molar-refractivity contribution is -0.432. The average Bonchev–Trinajstić information content (AvgIpc) is 3.62. The Morgan fingerprint density at radius 3 is 1.61 bits per heavy atom. The van der Waals surface area contributed by atoms with E-state index in [1.165, 1.54) is 80.8 Å². The minimum Gasteiger partial charge on any atom is -0.497 e. The summed E-state index contributed by atoms with van der Waals surface area (Å²) >= 11 is 0.467. The van der Waals surface area contributed by atoms with Gasteiger partial charge in [-0.3, -0.25) is 14.1 Å². The molecular formula is C56H37F6NO14S3. The largest absolute Gasteiger partial charge is 0.497 e. The van der Waals surface area contributed by atoms with E-state index >= 15 is 26.3 Å². The third-order valence-corrected chi connectivity index (χ3v) is 15.3. The number of ether oxygens (including phenoxy) is 4. The maximum absolute atomic E-state index is 15.4. The molecular weight excluding hydrogens is 1120 g/mol. The highest BCUT2D eigenvalue weighted by Gasteiger charge is 2.72. The first-order chi connectivity index (χ1) is 37.9. The molecule has 0 amide bonds. The molecule has 0 spiro atoms. The molecule has 0 aromatic heterocycles. The zero-order valence-electron chi connectivity index (χ0n) is 41.0. The van der Waals surface area contributed by atoms with Gasteiger partial charge in [0.15, 0.2) is 11.6 Å². The van der Waals surface area contributed by atoms with Crippen molar-refractivity contribution in [3.05, 3.63) is 220 Å². The van der Waals surface area contributed by atoms with E-state index in [9.17, 15) is 36.2 Å². The lowest BCUT2D eigenvalue weighted by Gasteiger charge is -2.38. The Kier molecular flexibility index (Phi) is 16.6. The Morgan fingerprint density at radius 2 is 1.05 bits per heavy atom. The van der Waals surface area contributed by atoms with E-state index in [0.717, 1.165) is 66.7 Å². The molecule has 0 fully saturated rings. The van der Waals surface area contributed by atoms with Gasteiger partial charge in [0, 0.05) is 27.7 Å². The Labute approximate surface area is 455 Å². The van der Waals surface area contributed by atoms with Crippen molar-refractivity contribution in [2.75, 3.05) is 7.11 Å². The molecule has 0 saturated heterocycles. The summed E-state index contributed by atoms with van der Waals surface area (Å²) in [6, 6.07) is 34.2. The first-order valence-electron chi connectivity index (χ1n) is 22.9. The van der Waals surface area contributed by atoms with Gasteiger partial charge in [-0.15, -0.1) is 4.33 Å². The van der Waals surface area contributed by atoms with Crippen molar-refractivity contribution in [1.29, 1.82) is 5.26 Å². The molecule has 8 aromatic carbocycles. The third-order valence-electron chi connectivity index (χ3n) is 12.2. The van der Waals surface area contributed by atoms with E-state index in [4.69, 9.17) is 24.2 Å². The molecule has 8 aromatic rings. The second-order valence-corrected chi connectivity index (χ2v) is 21.2. The number of hydrogen-bond acceptors (Lipinski definition) is 15. The molecule has 0 aliphatic rings. The van der Waals surface area contributed by atoms with Gasteiger partial charge in [0.25, 0.3) is 10.1 Å². The number of nitriles is 1. The SMILES string of the molecule is COc1cccc(Oc2cccc(Oc3ccc(C(c4ccc(Oc5ccc(S(=O)(=O)c6ccc(C)c(C(=O)c7cccc(S(=O)(=O)O)c7)c6)cc5C(=O)c5cccc(SOOO)c5)cc4)(C(F)(F)F)C(F)(F)F)cc3)c2C#N)c1. The number of ketones is 2. The van der Waals surface area contributed by atoms with Gasteiger partial charge < -0.3 is 18.9 Å². The molecule has 0 atom stereocenters. The van der Waals surface area contributed by atoms with Crippen LogP contribution in [0.2, 0.25) is 0 Å². The summed E-state index contributed by atoms with van der Waals surface area (Å²) in [4.78, 5) is 26.6. The van der Waals surface area contributed by atoms with E-state index in [-0.39, 0.29) is 55.7 Å². The zero-order valence-corrected chi connectivity index (χ0v) is 43.4. The first-order valence-corrected chi connectivity index (χ1v) is 26.5. The highest BCUT2D eigenvalue weighted by molar-refractivity contribution is 7.94. The molecule has 0 radical (unpaired) electrons. The second kappa shape index (κ2) is 23.0. The minimum atomic E-state index is -6.04. The predicted molar refractivity (Wildman–Crippen MR) is 273 cm³/mol. The van der Waals surface area contributed by atoms with Gasteiger partial charge in [-0.2, -0.15) is 40.0 Å². The zero-order chi connectivity index (χ0) is 57.8. The van der Waals surface area contributed by atoms with Crippen molar-refractivity contribution in [2.45, 2.75) is 44.3 Å². The molecule has 0 aliphatic heterocycles. The average molecular weight is 1160 g/mol. The first kappa shape index (κ1) is 57.6. The summed E-state index contributed by atoms with van der Waals surface area (Å²) in [7, 11) is -7.99. The predicted octanol–water partition coefficient (Wildman–Crippen LogP) is 13.6. The monoisotopic (exact) mass is 1160 g/mol. The molecule has 24 heteroatoms. The fourth-order valence-corrected chi connectivity index (χ4v) is 10.6. The van der Waals surface area contributed by atoms with Gasteiger partial charge in [0.2, 0.25) is 15.3 Å². The van der Waals surface area contributed by atoms with Crippen molar-refractivity contribution < 1.29 is 90.9 Å². The van der Waals surface area contributed by atoms with Gasteiger partial charge in [-0.25, -0.2) is 13.7 Å². The fourth-order valence-electron chi connectivity index (χ4n) is 8.31. The molecule has 0 saturated carbocycles. The van der Waals surface area contributed by atoms with Crippen LogP contribution in [0, 0.1) is 18.3 Å². The Balaban J connectivity index is 1.13. The molecule has 2 N–H and O–H groups in total. The second-order valence-electron chi connectivity index (χ2n) is 17.1. The summed E-state index contributed by atoms with van der Waals surface area (Å²) in [5, 5.41) is 22.3. The molecule has 15 nitrogen and oxygen atoms in total. The van der Waals surface area contributed by atoms with Crippen LogP contribution in [0.1, 0.15) is 54.1 Å². The van der Waals surface area contributed by atoms with Gasteiger partial charge in [-0.1, -0.05) is 71.8 Å². The number of alkyl halides is 6. The molecule has 0 bridgehead atoms. The van der Waals surface area contributed by atoms with Crippen molar-refractivity contribution in [2.24, 2.45) is 0 Å². The van der Waals surface area contributed by atoms with Crippen molar-refractivity contribution in [3.63, 3.8) is 0 Å². The lowest BCUT2D eigenvalue weighted by Crippen LogP contribution is -2.54. The Bertz CT molecular complexity index is 3930. The number of nitrogens with zero attached hydrogens (tertiary/aromatic N) is 1. The van der Waals surface area contributed by atoms with Gasteiger partial charge in [-0.05, 0) is 127 Å². The minimum absolute atomic E-state index is 0.0195. The van der Waals surface area contributed by atoms with E-state index < -0.39 is 92.2 Å². The standard InChI is InChI=1S/C56H37F6NO14S3/c1-33-15-24-43(30-46(33)52(64)35-8-4-12-45(28-35)80(69,70)71)79(67,68)44-25-26-51(47(31-44)53(65)34-7-3-11-42(27-34)78-77-76-66)74-39-22-18-37(19-23-39)54(55(57,58)59,56(60,61)62)36-16-20-38(21-17-36)73-49-13-6-14-50(48(49)32-63)75-41-10-5-9-40(29-41)72-2/h3-31,66H,1-2H3,(H,69,70,71). The smallest absolute Gasteiger partial charge is 0.411 e. The van der Waals surface area contributed by atoms with E-state index in [2.05, 4.69) is 9.37 Å².